The van der Waals surface area contributed by atoms with Crippen LogP contribution in [0.4, 0.5) is 0 Å². The maximum Gasteiger partial charge on any atom is 0.0698 e. The van der Waals surface area contributed by atoms with Crippen LogP contribution in [0.1, 0.15) is 38.9 Å². The molecule has 0 amide bonds. The lowest BCUT2D eigenvalue weighted by molar-refractivity contribution is 0.374. The SMILES string of the molecule is CCC(C)C(NC)c1c(Br)cnn1CC. The molecule has 0 aromatic carbocycles. The van der Waals surface area contributed by atoms with Crippen LogP contribution in [0.25, 0.3) is 0 Å². The Bertz CT molecular complexity index is 309. The van der Waals surface area contributed by atoms with Crippen LogP contribution in [0.3, 0.4) is 0 Å². The first-order chi connectivity index (χ1) is 7.15. The van der Waals surface area contributed by atoms with Crippen molar-refractivity contribution in [1.29, 1.82) is 0 Å². The van der Waals surface area contributed by atoms with Gasteiger partial charge in [-0.15, -0.1) is 0 Å². The summed E-state index contributed by atoms with van der Waals surface area (Å²) in [5.74, 6) is 0.605. The van der Waals surface area contributed by atoms with Crippen molar-refractivity contribution in [2.24, 2.45) is 5.92 Å². The first-order valence-electron chi connectivity index (χ1n) is 5.54. The third-order valence-corrected chi connectivity index (χ3v) is 3.56. The summed E-state index contributed by atoms with van der Waals surface area (Å²) in [4.78, 5) is 0. The number of hydrogen-bond acceptors (Lipinski definition) is 2. The molecule has 0 fully saturated rings. The zero-order valence-electron chi connectivity index (χ0n) is 9.92. The molecule has 1 aromatic heterocycles. The van der Waals surface area contributed by atoms with Crippen molar-refractivity contribution >= 4 is 15.9 Å². The first kappa shape index (κ1) is 12.7. The maximum atomic E-state index is 4.35. The zero-order valence-corrected chi connectivity index (χ0v) is 11.5. The highest BCUT2D eigenvalue weighted by Gasteiger charge is 2.22. The number of aryl methyl sites for hydroxylation is 1. The number of aromatic nitrogens is 2. The Labute approximate surface area is 100 Å². The standard InChI is InChI=1S/C11H20BrN3/c1-5-8(3)10(13-4)11-9(12)7-14-15(11)6-2/h7-8,10,13H,5-6H2,1-4H3. The van der Waals surface area contributed by atoms with Crippen LogP contribution in [0.15, 0.2) is 10.7 Å². The van der Waals surface area contributed by atoms with E-state index in [9.17, 15) is 0 Å². The molecule has 1 heterocycles. The highest BCUT2D eigenvalue weighted by atomic mass is 79.9. The van der Waals surface area contributed by atoms with E-state index in [1.165, 1.54) is 5.69 Å². The highest BCUT2D eigenvalue weighted by molar-refractivity contribution is 9.10. The first-order valence-corrected chi connectivity index (χ1v) is 6.33. The molecule has 86 valence electrons. The van der Waals surface area contributed by atoms with Gasteiger partial charge in [-0.25, -0.2) is 0 Å². The molecule has 0 aliphatic carbocycles. The Morgan fingerprint density at radius 1 is 1.53 bits per heavy atom. The van der Waals surface area contributed by atoms with Gasteiger partial charge in [0.1, 0.15) is 0 Å². The van der Waals surface area contributed by atoms with Gasteiger partial charge in [0.05, 0.1) is 22.4 Å². The molecule has 1 rings (SSSR count). The molecule has 0 aliphatic rings. The third kappa shape index (κ3) is 2.61. The van der Waals surface area contributed by atoms with E-state index < -0.39 is 0 Å². The van der Waals surface area contributed by atoms with Gasteiger partial charge in [-0.1, -0.05) is 20.3 Å². The molecule has 2 unspecified atom stereocenters. The fraction of sp³-hybridized carbons (Fsp3) is 0.727. The molecule has 3 nitrogen and oxygen atoms in total. The molecule has 0 saturated carbocycles. The number of hydrogen-bond donors (Lipinski definition) is 1. The van der Waals surface area contributed by atoms with Crippen molar-refractivity contribution in [2.75, 3.05) is 7.05 Å². The van der Waals surface area contributed by atoms with Crippen LogP contribution in [0.5, 0.6) is 0 Å². The summed E-state index contributed by atoms with van der Waals surface area (Å²) in [5, 5.41) is 7.73. The second-order valence-corrected chi connectivity index (χ2v) is 4.70. The van der Waals surface area contributed by atoms with E-state index in [-0.39, 0.29) is 0 Å². The summed E-state index contributed by atoms with van der Waals surface area (Å²) in [6.07, 6.45) is 3.04. The zero-order chi connectivity index (χ0) is 11.4. The predicted molar refractivity (Wildman–Crippen MR) is 66.9 cm³/mol. The minimum atomic E-state index is 0.367. The van der Waals surface area contributed by atoms with Gasteiger partial charge in [-0.05, 0) is 35.8 Å². The fourth-order valence-electron chi connectivity index (χ4n) is 1.86. The molecule has 2 atom stereocenters. The average molecular weight is 274 g/mol. The van der Waals surface area contributed by atoms with Crippen molar-refractivity contribution < 1.29 is 0 Å². The van der Waals surface area contributed by atoms with Crippen LogP contribution in [-0.2, 0) is 6.54 Å². The lowest BCUT2D eigenvalue weighted by atomic mass is 9.96. The predicted octanol–water partition coefficient (Wildman–Crippen LogP) is 2.97. The van der Waals surface area contributed by atoms with Gasteiger partial charge in [0.15, 0.2) is 0 Å². The topological polar surface area (TPSA) is 29.9 Å². The number of halogens is 1. The summed E-state index contributed by atoms with van der Waals surface area (Å²) in [6, 6.07) is 0.367. The summed E-state index contributed by atoms with van der Waals surface area (Å²) < 4.78 is 3.15. The smallest absolute Gasteiger partial charge is 0.0698 e. The minimum Gasteiger partial charge on any atom is -0.311 e. The van der Waals surface area contributed by atoms with E-state index in [4.69, 9.17) is 0 Å². The van der Waals surface area contributed by atoms with Crippen LogP contribution >= 0.6 is 15.9 Å². The Morgan fingerprint density at radius 2 is 2.20 bits per heavy atom. The lowest BCUT2D eigenvalue weighted by Crippen LogP contribution is -2.26. The largest absolute Gasteiger partial charge is 0.311 e. The second-order valence-electron chi connectivity index (χ2n) is 3.85. The maximum absolute atomic E-state index is 4.35. The van der Waals surface area contributed by atoms with Crippen LogP contribution in [0, 0.1) is 5.92 Å². The van der Waals surface area contributed by atoms with Crippen molar-refractivity contribution in [2.45, 2.75) is 39.8 Å². The van der Waals surface area contributed by atoms with Crippen molar-refractivity contribution in [3.8, 4) is 0 Å². The molecular formula is C11H20BrN3. The summed E-state index contributed by atoms with van der Waals surface area (Å²) >= 11 is 3.57. The average Bonchev–Trinajstić information content (AvgIpc) is 2.61. The van der Waals surface area contributed by atoms with Gasteiger partial charge in [0.25, 0.3) is 0 Å². The van der Waals surface area contributed by atoms with Gasteiger partial charge in [-0.3, -0.25) is 4.68 Å². The molecule has 15 heavy (non-hydrogen) atoms. The molecular weight excluding hydrogens is 254 g/mol. The number of nitrogens with one attached hydrogen (secondary N) is 1. The molecule has 1 N–H and O–H groups in total. The van der Waals surface area contributed by atoms with E-state index in [1.54, 1.807) is 0 Å². The van der Waals surface area contributed by atoms with Crippen molar-refractivity contribution in [3.05, 3.63) is 16.4 Å². The minimum absolute atomic E-state index is 0.367. The van der Waals surface area contributed by atoms with E-state index in [1.807, 2.05) is 13.2 Å². The van der Waals surface area contributed by atoms with Crippen molar-refractivity contribution in [3.63, 3.8) is 0 Å². The summed E-state index contributed by atoms with van der Waals surface area (Å²) in [6.45, 7) is 7.51. The Balaban J connectivity index is 3.04. The number of rotatable bonds is 5. The highest BCUT2D eigenvalue weighted by Crippen LogP contribution is 2.29. The van der Waals surface area contributed by atoms with E-state index in [2.05, 4.69) is 51.8 Å². The van der Waals surface area contributed by atoms with Crippen molar-refractivity contribution in [1.82, 2.24) is 15.1 Å². The third-order valence-electron chi connectivity index (χ3n) is 2.95. The molecule has 0 aliphatic heterocycles. The fourth-order valence-corrected chi connectivity index (χ4v) is 2.40. The van der Waals surface area contributed by atoms with E-state index >= 15 is 0 Å². The number of nitrogens with zero attached hydrogens (tertiary/aromatic N) is 2. The van der Waals surface area contributed by atoms with Crippen LogP contribution in [0.2, 0.25) is 0 Å². The summed E-state index contributed by atoms with van der Waals surface area (Å²) in [7, 11) is 2.01. The Hall–Kier alpha value is -0.350. The van der Waals surface area contributed by atoms with E-state index in [0.29, 0.717) is 12.0 Å². The molecule has 0 bridgehead atoms. The molecule has 0 saturated heterocycles. The Kier molecular flexibility index (Phi) is 4.80. The van der Waals surface area contributed by atoms with Gasteiger partial charge < -0.3 is 5.32 Å². The van der Waals surface area contributed by atoms with Gasteiger partial charge in [0.2, 0.25) is 0 Å². The molecule has 0 radical (unpaired) electrons. The molecule has 1 aromatic rings. The normalized spacial score (nSPS) is 15.3. The van der Waals surface area contributed by atoms with Gasteiger partial charge >= 0.3 is 0 Å². The Morgan fingerprint density at radius 3 is 2.67 bits per heavy atom. The quantitative estimate of drug-likeness (QED) is 0.894. The second kappa shape index (κ2) is 5.66. The molecule has 4 heteroatoms. The monoisotopic (exact) mass is 273 g/mol. The summed E-state index contributed by atoms with van der Waals surface area (Å²) in [5.41, 5.74) is 1.26. The van der Waals surface area contributed by atoms with Crippen LogP contribution < -0.4 is 5.32 Å². The molecule has 0 spiro atoms. The van der Waals surface area contributed by atoms with E-state index in [0.717, 1.165) is 17.4 Å². The lowest BCUT2D eigenvalue weighted by Gasteiger charge is -2.23. The van der Waals surface area contributed by atoms with Gasteiger partial charge in [0, 0.05) is 6.54 Å². The van der Waals surface area contributed by atoms with Crippen LogP contribution in [-0.4, -0.2) is 16.8 Å². The van der Waals surface area contributed by atoms with Gasteiger partial charge in [-0.2, -0.15) is 5.10 Å².